The summed E-state index contributed by atoms with van der Waals surface area (Å²) in [6, 6.07) is 11.6. The first-order chi connectivity index (χ1) is 15.5. The first-order valence-electron chi connectivity index (χ1n) is 9.88. The van der Waals surface area contributed by atoms with Crippen molar-refractivity contribution in [2.24, 2.45) is 0 Å². The average molecular weight is 442 g/mol. The zero-order valence-electron chi connectivity index (χ0n) is 17.2. The van der Waals surface area contributed by atoms with Gasteiger partial charge >= 0.3 is 0 Å². The summed E-state index contributed by atoms with van der Waals surface area (Å²) in [5.74, 6) is 0.0890. The quantitative estimate of drug-likeness (QED) is 0.421. The summed E-state index contributed by atoms with van der Waals surface area (Å²) in [6.45, 7) is 6.37. The number of anilines is 2. The number of nitrogens with zero attached hydrogens (tertiary/aromatic N) is 5. The molecule has 4 heterocycles. The van der Waals surface area contributed by atoms with Crippen LogP contribution in [0.3, 0.4) is 0 Å². The number of nitrogens with two attached hydrogens (primary N) is 1. The molecule has 3 N–H and O–H groups in total. The van der Waals surface area contributed by atoms with E-state index in [1.54, 1.807) is 11.5 Å². The molecule has 0 radical (unpaired) electrons. The van der Waals surface area contributed by atoms with Crippen LogP contribution >= 0.6 is 11.3 Å². The summed E-state index contributed by atoms with van der Waals surface area (Å²) in [4.78, 5) is 25.9. The predicted octanol–water partition coefficient (Wildman–Crippen LogP) is 4.27. The molecule has 9 heteroatoms. The van der Waals surface area contributed by atoms with E-state index >= 15 is 0 Å². The molecule has 0 atom stereocenters. The lowest BCUT2D eigenvalue weighted by Crippen LogP contribution is -2.12. The molecule has 1 aromatic carbocycles. The molecule has 1 amide bonds. The number of aryl methyl sites for hydroxylation is 1. The van der Waals surface area contributed by atoms with Gasteiger partial charge in [0.1, 0.15) is 12.1 Å². The number of thiophene rings is 1. The minimum atomic E-state index is -0.273. The van der Waals surface area contributed by atoms with Gasteiger partial charge in [-0.25, -0.2) is 9.97 Å². The Morgan fingerprint density at radius 2 is 2.09 bits per heavy atom. The van der Waals surface area contributed by atoms with Gasteiger partial charge in [0.25, 0.3) is 5.91 Å². The smallest absolute Gasteiger partial charge is 0.258 e. The number of hydrogen-bond acceptors (Lipinski definition) is 7. The van der Waals surface area contributed by atoms with Gasteiger partial charge in [0, 0.05) is 11.1 Å². The van der Waals surface area contributed by atoms with Crippen LogP contribution in [0.2, 0.25) is 0 Å². The molecule has 32 heavy (non-hydrogen) atoms. The normalized spacial score (nSPS) is 11.2. The number of hydrogen-bond donors (Lipinski definition) is 2. The third-order valence-corrected chi connectivity index (χ3v) is 6.12. The molecule has 0 aliphatic rings. The Morgan fingerprint density at radius 3 is 2.91 bits per heavy atom. The van der Waals surface area contributed by atoms with E-state index in [0.29, 0.717) is 39.5 Å². The van der Waals surface area contributed by atoms with Crippen molar-refractivity contribution in [1.82, 2.24) is 24.7 Å². The Morgan fingerprint density at radius 1 is 1.25 bits per heavy atom. The fourth-order valence-electron chi connectivity index (χ4n) is 3.69. The first-order valence-corrected chi connectivity index (χ1v) is 10.8. The van der Waals surface area contributed by atoms with E-state index in [2.05, 4.69) is 26.8 Å². The number of nitrogens with one attached hydrogen (secondary N) is 1. The number of carbonyl (C=O) groups excluding carboxylic acids is 1. The molecule has 158 valence electrons. The lowest BCUT2D eigenvalue weighted by atomic mass is 10.1. The highest BCUT2D eigenvalue weighted by molar-refractivity contribution is 7.18. The standard InChI is InChI=1S/C23H19N7OS/c1-3-16-19-17(28-23(31)15-11-32-21-20(15)25-12-26-22(21)24)8-5-9-18(19)30(29-16)10-14-7-4-6-13(2)27-14/h3-9,11-12H,1,10H2,2H3,(H,28,31)(H2,24,25,26). The van der Waals surface area contributed by atoms with Crippen LogP contribution < -0.4 is 11.1 Å². The van der Waals surface area contributed by atoms with Crippen LogP contribution in [0.5, 0.6) is 0 Å². The SMILES string of the molecule is C=Cc1nn(Cc2cccc(C)n2)c2cccc(NC(=O)c3csc4c(N)ncnc34)c12. The molecular weight excluding hydrogens is 422 g/mol. The molecule has 0 unspecified atom stereocenters. The van der Waals surface area contributed by atoms with Crippen LogP contribution in [-0.2, 0) is 6.54 Å². The maximum Gasteiger partial charge on any atom is 0.258 e. The van der Waals surface area contributed by atoms with Gasteiger partial charge in [0.15, 0.2) is 0 Å². The van der Waals surface area contributed by atoms with E-state index < -0.39 is 0 Å². The van der Waals surface area contributed by atoms with Crippen LogP contribution in [0.1, 0.15) is 27.4 Å². The zero-order chi connectivity index (χ0) is 22.2. The molecule has 0 spiro atoms. The van der Waals surface area contributed by atoms with Gasteiger partial charge in [-0.05, 0) is 37.3 Å². The van der Waals surface area contributed by atoms with Crippen molar-refractivity contribution in [3.8, 4) is 0 Å². The molecule has 4 aromatic heterocycles. The van der Waals surface area contributed by atoms with Gasteiger partial charge in [-0.15, -0.1) is 11.3 Å². The molecule has 0 fully saturated rings. The highest BCUT2D eigenvalue weighted by Gasteiger charge is 2.19. The second-order valence-electron chi connectivity index (χ2n) is 7.26. The molecule has 0 aliphatic carbocycles. The maximum absolute atomic E-state index is 13.1. The van der Waals surface area contributed by atoms with Crippen molar-refractivity contribution in [2.75, 3.05) is 11.1 Å². The Labute approximate surface area is 187 Å². The third-order valence-electron chi connectivity index (χ3n) is 5.13. The summed E-state index contributed by atoms with van der Waals surface area (Å²) in [7, 11) is 0. The Balaban J connectivity index is 1.54. The van der Waals surface area contributed by atoms with Crippen molar-refractivity contribution >= 4 is 55.9 Å². The minimum Gasteiger partial charge on any atom is -0.382 e. The summed E-state index contributed by atoms with van der Waals surface area (Å²) in [5, 5.41) is 10.3. The lowest BCUT2D eigenvalue weighted by molar-refractivity contribution is 0.102. The predicted molar refractivity (Wildman–Crippen MR) is 128 cm³/mol. The van der Waals surface area contributed by atoms with Crippen molar-refractivity contribution in [3.63, 3.8) is 0 Å². The summed E-state index contributed by atoms with van der Waals surface area (Å²) < 4.78 is 2.57. The Kier molecular flexibility index (Phi) is 4.87. The van der Waals surface area contributed by atoms with E-state index in [1.165, 1.54) is 17.7 Å². The van der Waals surface area contributed by atoms with Gasteiger partial charge in [0.05, 0.1) is 50.3 Å². The zero-order valence-corrected chi connectivity index (χ0v) is 18.1. The highest BCUT2D eigenvalue weighted by Crippen LogP contribution is 2.31. The molecule has 0 bridgehead atoms. The van der Waals surface area contributed by atoms with E-state index in [-0.39, 0.29) is 5.91 Å². The summed E-state index contributed by atoms with van der Waals surface area (Å²) >= 11 is 1.35. The summed E-state index contributed by atoms with van der Waals surface area (Å²) in [5.41, 5.74) is 11.0. The molecule has 0 saturated carbocycles. The van der Waals surface area contributed by atoms with Crippen molar-refractivity contribution in [1.29, 1.82) is 0 Å². The number of carbonyl (C=O) groups is 1. The molecule has 5 aromatic rings. The van der Waals surface area contributed by atoms with Gasteiger partial charge in [-0.1, -0.05) is 18.7 Å². The lowest BCUT2D eigenvalue weighted by Gasteiger charge is -2.08. The third kappa shape index (κ3) is 3.38. The number of pyridine rings is 1. The number of benzene rings is 1. The van der Waals surface area contributed by atoms with Crippen molar-refractivity contribution in [2.45, 2.75) is 13.5 Å². The average Bonchev–Trinajstić information content (AvgIpc) is 3.37. The van der Waals surface area contributed by atoms with Gasteiger partial charge in [-0.2, -0.15) is 5.10 Å². The van der Waals surface area contributed by atoms with Crippen molar-refractivity contribution < 1.29 is 4.79 Å². The fourth-order valence-corrected chi connectivity index (χ4v) is 4.59. The highest BCUT2D eigenvalue weighted by atomic mass is 32.1. The molecule has 0 aliphatic heterocycles. The Bertz CT molecular complexity index is 1500. The first kappa shape index (κ1) is 19.8. The second kappa shape index (κ2) is 7.86. The number of rotatable bonds is 5. The number of amides is 1. The molecule has 0 saturated heterocycles. The van der Waals surface area contributed by atoms with Crippen LogP contribution in [0.4, 0.5) is 11.5 Å². The monoisotopic (exact) mass is 441 g/mol. The second-order valence-corrected chi connectivity index (χ2v) is 8.14. The van der Waals surface area contributed by atoms with Gasteiger partial charge in [-0.3, -0.25) is 14.5 Å². The summed E-state index contributed by atoms with van der Waals surface area (Å²) in [6.07, 6.45) is 3.05. The molecule has 5 rings (SSSR count). The minimum absolute atomic E-state index is 0.273. The van der Waals surface area contributed by atoms with E-state index in [9.17, 15) is 4.79 Å². The molecular formula is C23H19N7OS. The fraction of sp³-hybridized carbons (Fsp3) is 0.0870. The topological polar surface area (TPSA) is 112 Å². The number of fused-ring (bicyclic) bond motifs is 2. The van der Waals surface area contributed by atoms with Crippen LogP contribution in [0.25, 0.3) is 27.2 Å². The van der Waals surface area contributed by atoms with Gasteiger partial charge < -0.3 is 11.1 Å². The Hall–Kier alpha value is -4.11. The number of nitrogen functional groups attached to an aromatic ring is 1. The van der Waals surface area contributed by atoms with E-state index in [4.69, 9.17) is 10.8 Å². The van der Waals surface area contributed by atoms with Gasteiger partial charge in [0.2, 0.25) is 0 Å². The van der Waals surface area contributed by atoms with Crippen LogP contribution in [-0.4, -0.2) is 30.6 Å². The van der Waals surface area contributed by atoms with E-state index in [1.807, 2.05) is 48.0 Å². The molecule has 8 nitrogen and oxygen atoms in total. The van der Waals surface area contributed by atoms with Crippen molar-refractivity contribution in [3.05, 3.63) is 77.3 Å². The van der Waals surface area contributed by atoms with E-state index in [0.717, 1.165) is 22.3 Å². The maximum atomic E-state index is 13.1. The van der Waals surface area contributed by atoms with Crippen LogP contribution in [0.15, 0.2) is 54.7 Å². The number of aromatic nitrogens is 5. The van der Waals surface area contributed by atoms with Crippen LogP contribution in [0, 0.1) is 6.92 Å². The largest absolute Gasteiger partial charge is 0.382 e.